The first-order valence-corrected chi connectivity index (χ1v) is 8.13. The molecule has 0 aliphatic carbocycles. The molecule has 0 fully saturated rings. The molecule has 3 nitrogen and oxygen atoms in total. The Bertz CT molecular complexity index is 512. The van der Waals surface area contributed by atoms with Gasteiger partial charge in [-0.25, -0.2) is 8.42 Å². The molecule has 1 unspecified atom stereocenters. The Balaban J connectivity index is 3.10. The van der Waals surface area contributed by atoms with E-state index in [1.807, 2.05) is 26.0 Å². The van der Waals surface area contributed by atoms with Crippen molar-refractivity contribution in [3.63, 3.8) is 0 Å². The van der Waals surface area contributed by atoms with Crippen LogP contribution in [0.3, 0.4) is 0 Å². The van der Waals surface area contributed by atoms with E-state index in [9.17, 15) is 8.42 Å². The number of rotatable bonds is 4. The molecule has 0 amide bonds. The second-order valence-corrected chi connectivity index (χ2v) is 8.05. The molecule has 0 spiro atoms. The van der Waals surface area contributed by atoms with Gasteiger partial charge in [-0.2, -0.15) is 4.31 Å². The summed E-state index contributed by atoms with van der Waals surface area (Å²) in [5.41, 5.74) is 1.17. The van der Waals surface area contributed by atoms with Crippen molar-refractivity contribution >= 4 is 10.0 Å². The molecule has 0 heterocycles. The minimum absolute atomic E-state index is 0.00675. The SMILES string of the molecule is CCC(C)N(C)S(=O)(=O)c1ccc(C(C)(C)C)cc1. The zero-order chi connectivity index (χ0) is 14.8. The first-order valence-electron chi connectivity index (χ1n) is 6.69. The summed E-state index contributed by atoms with van der Waals surface area (Å²) in [5, 5.41) is 0. The van der Waals surface area contributed by atoms with Gasteiger partial charge in [0.25, 0.3) is 0 Å². The van der Waals surface area contributed by atoms with Crippen LogP contribution in [0, 0.1) is 0 Å². The van der Waals surface area contributed by atoms with Crippen molar-refractivity contribution in [3.8, 4) is 0 Å². The molecule has 0 aliphatic rings. The van der Waals surface area contributed by atoms with Crippen LogP contribution in [-0.4, -0.2) is 25.8 Å². The Kier molecular flexibility index (Phi) is 4.80. The van der Waals surface area contributed by atoms with Crippen LogP contribution >= 0.6 is 0 Å². The molecule has 0 saturated carbocycles. The van der Waals surface area contributed by atoms with E-state index in [0.29, 0.717) is 4.90 Å². The van der Waals surface area contributed by atoms with E-state index in [2.05, 4.69) is 20.8 Å². The van der Waals surface area contributed by atoms with Crippen LogP contribution in [0.25, 0.3) is 0 Å². The van der Waals surface area contributed by atoms with E-state index in [1.165, 1.54) is 4.31 Å². The third-order valence-electron chi connectivity index (χ3n) is 3.61. The molecule has 0 saturated heterocycles. The minimum atomic E-state index is -3.38. The van der Waals surface area contributed by atoms with Gasteiger partial charge in [0.15, 0.2) is 0 Å². The maximum atomic E-state index is 12.4. The van der Waals surface area contributed by atoms with Crippen molar-refractivity contribution in [2.45, 2.75) is 57.4 Å². The van der Waals surface area contributed by atoms with Gasteiger partial charge in [0.1, 0.15) is 0 Å². The Hall–Kier alpha value is -0.870. The van der Waals surface area contributed by atoms with Crippen LogP contribution in [0.15, 0.2) is 29.2 Å². The average Bonchev–Trinajstić information content (AvgIpc) is 2.36. The largest absolute Gasteiger partial charge is 0.243 e. The van der Waals surface area contributed by atoms with Gasteiger partial charge in [0.2, 0.25) is 10.0 Å². The van der Waals surface area contributed by atoms with Crippen LogP contribution in [0.4, 0.5) is 0 Å². The molecular formula is C15H25NO2S. The van der Waals surface area contributed by atoms with Gasteiger partial charge in [-0.15, -0.1) is 0 Å². The molecule has 19 heavy (non-hydrogen) atoms. The molecule has 108 valence electrons. The molecule has 0 aromatic heterocycles. The molecule has 1 aromatic rings. The lowest BCUT2D eigenvalue weighted by atomic mass is 9.87. The average molecular weight is 283 g/mol. The summed E-state index contributed by atoms with van der Waals surface area (Å²) in [4.78, 5) is 0.364. The first-order chi connectivity index (χ1) is 8.60. The third-order valence-corrected chi connectivity index (χ3v) is 5.59. The van der Waals surface area contributed by atoms with Gasteiger partial charge >= 0.3 is 0 Å². The Morgan fingerprint density at radius 1 is 1.16 bits per heavy atom. The molecule has 0 aliphatic heterocycles. The summed E-state index contributed by atoms with van der Waals surface area (Å²) >= 11 is 0. The number of hydrogen-bond acceptors (Lipinski definition) is 2. The second-order valence-electron chi connectivity index (χ2n) is 6.05. The summed E-state index contributed by atoms with van der Waals surface area (Å²) in [7, 11) is -1.74. The number of sulfonamides is 1. The molecule has 0 radical (unpaired) electrons. The normalized spacial score (nSPS) is 14.7. The van der Waals surface area contributed by atoms with Crippen molar-refractivity contribution in [3.05, 3.63) is 29.8 Å². The molecule has 0 N–H and O–H groups in total. The third kappa shape index (κ3) is 3.57. The summed E-state index contributed by atoms with van der Waals surface area (Å²) in [5.74, 6) is 0. The highest BCUT2D eigenvalue weighted by atomic mass is 32.2. The van der Waals surface area contributed by atoms with Gasteiger partial charge in [-0.1, -0.05) is 39.8 Å². The standard InChI is InChI=1S/C15H25NO2S/c1-7-12(2)16(6)19(17,18)14-10-8-13(9-11-14)15(3,4)5/h8-12H,7H2,1-6H3. The molecule has 0 bridgehead atoms. The van der Waals surface area contributed by atoms with Gasteiger partial charge in [0, 0.05) is 13.1 Å². The quantitative estimate of drug-likeness (QED) is 0.849. The van der Waals surface area contributed by atoms with Gasteiger partial charge in [0.05, 0.1) is 4.90 Å². The van der Waals surface area contributed by atoms with E-state index in [4.69, 9.17) is 0 Å². The topological polar surface area (TPSA) is 37.4 Å². The smallest absolute Gasteiger partial charge is 0.207 e. The van der Waals surface area contributed by atoms with E-state index >= 15 is 0 Å². The highest BCUT2D eigenvalue weighted by Crippen LogP contribution is 2.25. The zero-order valence-electron chi connectivity index (χ0n) is 12.8. The molecule has 4 heteroatoms. The Morgan fingerprint density at radius 2 is 1.63 bits per heavy atom. The Morgan fingerprint density at radius 3 is 2.00 bits per heavy atom. The lowest BCUT2D eigenvalue weighted by Crippen LogP contribution is -2.34. The molecular weight excluding hydrogens is 258 g/mol. The fourth-order valence-electron chi connectivity index (χ4n) is 1.79. The van der Waals surface area contributed by atoms with Crippen molar-refractivity contribution < 1.29 is 8.42 Å². The monoisotopic (exact) mass is 283 g/mol. The highest BCUT2D eigenvalue weighted by molar-refractivity contribution is 7.89. The number of benzene rings is 1. The summed E-state index contributed by atoms with van der Waals surface area (Å²) < 4.78 is 26.3. The highest BCUT2D eigenvalue weighted by Gasteiger charge is 2.24. The molecule has 1 aromatic carbocycles. The van der Waals surface area contributed by atoms with Crippen molar-refractivity contribution in [2.24, 2.45) is 0 Å². The second kappa shape index (κ2) is 5.63. The first kappa shape index (κ1) is 16.2. The van der Waals surface area contributed by atoms with Crippen LogP contribution in [0.1, 0.15) is 46.6 Å². The predicted molar refractivity (Wildman–Crippen MR) is 79.8 cm³/mol. The lowest BCUT2D eigenvalue weighted by Gasteiger charge is -2.24. The fraction of sp³-hybridized carbons (Fsp3) is 0.600. The lowest BCUT2D eigenvalue weighted by molar-refractivity contribution is 0.380. The predicted octanol–water partition coefficient (Wildman–Crippen LogP) is 3.40. The van der Waals surface area contributed by atoms with E-state index in [1.54, 1.807) is 19.2 Å². The van der Waals surface area contributed by atoms with Crippen molar-refractivity contribution in [2.75, 3.05) is 7.05 Å². The Labute approximate surface area is 117 Å². The van der Waals surface area contributed by atoms with Gasteiger partial charge in [-0.05, 0) is 36.5 Å². The molecule has 1 atom stereocenters. The zero-order valence-corrected chi connectivity index (χ0v) is 13.6. The number of hydrogen-bond donors (Lipinski definition) is 0. The van der Waals surface area contributed by atoms with E-state index < -0.39 is 10.0 Å². The van der Waals surface area contributed by atoms with Gasteiger partial charge in [-0.3, -0.25) is 0 Å². The van der Waals surface area contributed by atoms with E-state index in [-0.39, 0.29) is 11.5 Å². The van der Waals surface area contributed by atoms with Crippen LogP contribution < -0.4 is 0 Å². The van der Waals surface area contributed by atoms with Gasteiger partial charge < -0.3 is 0 Å². The summed E-state index contributed by atoms with van der Waals surface area (Å²) in [6, 6.07) is 7.21. The maximum Gasteiger partial charge on any atom is 0.243 e. The van der Waals surface area contributed by atoms with Crippen molar-refractivity contribution in [1.29, 1.82) is 0 Å². The fourth-order valence-corrected chi connectivity index (χ4v) is 3.22. The van der Waals surface area contributed by atoms with Crippen LogP contribution in [0.5, 0.6) is 0 Å². The minimum Gasteiger partial charge on any atom is -0.207 e. The van der Waals surface area contributed by atoms with E-state index in [0.717, 1.165) is 12.0 Å². The van der Waals surface area contributed by atoms with Crippen LogP contribution in [0.2, 0.25) is 0 Å². The maximum absolute atomic E-state index is 12.4. The number of nitrogens with zero attached hydrogens (tertiary/aromatic N) is 1. The summed E-state index contributed by atoms with van der Waals surface area (Å²) in [6.45, 7) is 10.2. The molecule has 1 rings (SSSR count). The summed E-state index contributed by atoms with van der Waals surface area (Å²) in [6.07, 6.45) is 0.801. The van der Waals surface area contributed by atoms with Crippen LogP contribution in [-0.2, 0) is 15.4 Å². The van der Waals surface area contributed by atoms with Crippen molar-refractivity contribution in [1.82, 2.24) is 4.31 Å².